The number of rotatable bonds is 3. The summed E-state index contributed by atoms with van der Waals surface area (Å²) in [4.78, 5) is 11.0. The van der Waals surface area contributed by atoms with Crippen molar-refractivity contribution in [1.82, 2.24) is 4.31 Å². The average molecular weight is 298 g/mol. The molecule has 7 heteroatoms. The Bertz CT molecular complexity index is 642. The zero-order valence-corrected chi connectivity index (χ0v) is 12.2. The lowest BCUT2D eigenvalue weighted by atomic mass is 10.1. The normalized spacial score (nSPS) is 23.9. The van der Waals surface area contributed by atoms with E-state index in [1.807, 2.05) is 13.8 Å². The number of hydrogen-bond donors (Lipinski definition) is 2. The second-order valence-electron chi connectivity index (χ2n) is 5.33. The Labute approximate surface area is 118 Å². The predicted molar refractivity (Wildman–Crippen MR) is 74.9 cm³/mol. The molecule has 6 nitrogen and oxygen atoms in total. The van der Waals surface area contributed by atoms with Crippen LogP contribution in [0.2, 0.25) is 0 Å². The molecule has 0 saturated carbocycles. The third-order valence-corrected chi connectivity index (χ3v) is 5.59. The molecule has 20 heavy (non-hydrogen) atoms. The fourth-order valence-electron chi connectivity index (χ4n) is 2.66. The maximum absolute atomic E-state index is 12.6. The van der Waals surface area contributed by atoms with E-state index >= 15 is 0 Å². The lowest BCUT2D eigenvalue weighted by Crippen LogP contribution is -2.34. The molecule has 110 valence electrons. The second-order valence-corrected chi connectivity index (χ2v) is 7.18. The first-order valence-electron chi connectivity index (χ1n) is 6.38. The quantitative estimate of drug-likeness (QED) is 0.821. The molecule has 1 fully saturated rings. The van der Waals surface area contributed by atoms with Gasteiger partial charge in [-0.25, -0.2) is 13.2 Å². The molecule has 0 aromatic heterocycles. The summed E-state index contributed by atoms with van der Waals surface area (Å²) in [5.41, 5.74) is 5.48. The molecule has 1 aromatic rings. The Morgan fingerprint density at radius 2 is 2.05 bits per heavy atom. The highest BCUT2D eigenvalue weighted by molar-refractivity contribution is 7.89. The number of carbonyl (C=O) groups is 1. The summed E-state index contributed by atoms with van der Waals surface area (Å²) in [6, 6.07) is 3.72. The fourth-order valence-corrected chi connectivity index (χ4v) is 4.59. The van der Waals surface area contributed by atoms with Crippen molar-refractivity contribution in [3.05, 3.63) is 23.8 Å². The number of hydrogen-bond acceptors (Lipinski definition) is 4. The largest absolute Gasteiger partial charge is 0.478 e. The average Bonchev–Trinajstić information content (AvgIpc) is 2.68. The molecule has 3 N–H and O–H groups in total. The van der Waals surface area contributed by atoms with Crippen molar-refractivity contribution in [2.75, 3.05) is 12.3 Å². The number of benzene rings is 1. The number of carboxylic acid groups (broad SMARTS) is 1. The van der Waals surface area contributed by atoms with E-state index in [2.05, 4.69) is 0 Å². The van der Waals surface area contributed by atoms with Crippen LogP contribution >= 0.6 is 0 Å². The standard InChI is InChI=1S/C13H18N2O4S/c1-8-5-9(2)15(7-8)20(18,19)12-4-3-10(14)6-11(12)13(16)17/h3-4,6,8-9H,5,7,14H2,1-2H3,(H,16,17). The number of anilines is 1. The monoisotopic (exact) mass is 298 g/mol. The Morgan fingerprint density at radius 3 is 2.55 bits per heavy atom. The molecule has 0 bridgehead atoms. The topological polar surface area (TPSA) is 101 Å². The number of aromatic carboxylic acids is 1. The van der Waals surface area contributed by atoms with Gasteiger partial charge in [0.2, 0.25) is 10.0 Å². The minimum atomic E-state index is -3.82. The molecule has 0 aliphatic carbocycles. The van der Waals surface area contributed by atoms with Gasteiger partial charge in [-0.3, -0.25) is 0 Å². The molecular formula is C13H18N2O4S. The highest BCUT2D eigenvalue weighted by Crippen LogP contribution is 2.31. The van der Waals surface area contributed by atoms with E-state index in [0.29, 0.717) is 6.54 Å². The van der Waals surface area contributed by atoms with Gasteiger partial charge in [-0.2, -0.15) is 4.31 Å². The van der Waals surface area contributed by atoms with Crippen molar-refractivity contribution in [2.24, 2.45) is 5.92 Å². The summed E-state index contributed by atoms with van der Waals surface area (Å²) < 4.78 is 26.7. The summed E-state index contributed by atoms with van der Waals surface area (Å²) in [6.45, 7) is 4.22. The van der Waals surface area contributed by atoms with Crippen LogP contribution in [0.15, 0.2) is 23.1 Å². The number of nitrogen functional groups attached to an aromatic ring is 1. The van der Waals surface area contributed by atoms with Crippen LogP contribution in [0.5, 0.6) is 0 Å². The van der Waals surface area contributed by atoms with Crippen molar-refractivity contribution in [3.8, 4) is 0 Å². The number of nitrogens with two attached hydrogens (primary N) is 1. The molecule has 2 rings (SSSR count). The third kappa shape index (κ3) is 2.51. The molecule has 0 radical (unpaired) electrons. The van der Waals surface area contributed by atoms with Gasteiger partial charge in [0.05, 0.1) is 10.5 Å². The maximum Gasteiger partial charge on any atom is 0.337 e. The van der Waals surface area contributed by atoms with Crippen LogP contribution in [0.3, 0.4) is 0 Å². The predicted octanol–water partition coefficient (Wildman–Crippen LogP) is 1.39. The van der Waals surface area contributed by atoms with Crippen molar-refractivity contribution in [2.45, 2.75) is 31.2 Å². The minimum Gasteiger partial charge on any atom is -0.478 e. The number of carboxylic acids is 1. The summed E-state index contributed by atoms with van der Waals surface area (Å²) in [7, 11) is -3.82. The molecule has 0 amide bonds. The van der Waals surface area contributed by atoms with Crippen molar-refractivity contribution < 1.29 is 18.3 Å². The lowest BCUT2D eigenvalue weighted by Gasteiger charge is -2.22. The van der Waals surface area contributed by atoms with E-state index in [9.17, 15) is 18.3 Å². The van der Waals surface area contributed by atoms with Crippen LogP contribution in [0, 0.1) is 5.92 Å². The Balaban J connectivity index is 2.53. The first-order valence-corrected chi connectivity index (χ1v) is 7.82. The summed E-state index contributed by atoms with van der Waals surface area (Å²) >= 11 is 0. The van der Waals surface area contributed by atoms with E-state index in [1.165, 1.54) is 22.5 Å². The van der Waals surface area contributed by atoms with Gasteiger partial charge >= 0.3 is 5.97 Å². The molecule has 1 aliphatic heterocycles. The highest BCUT2D eigenvalue weighted by atomic mass is 32.2. The van der Waals surface area contributed by atoms with Crippen molar-refractivity contribution in [1.29, 1.82) is 0 Å². The first-order chi connectivity index (χ1) is 9.23. The smallest absolute Gasteiger partial charge is 0.337 e. The summed E-state index contributed by atoms with van der Waals surface area (Å²) in [5.74, 6) is -1.03. The Morgan fingerprint density at radius 1 is 1.40 bits per heavy atom. The van der Waals surface area contributed by atoms with Crippen LogP contribution in [0.1, 0.15) is 30.6 Å². The number of sulfonamides is 1. The van der Waals surface area contributed by atoms with Crippen LogP contribution < -0.4 is 5.73 Å². The minimum absolute atomic E-state index is 0.130. The zero-order chi connectivity index (χ0) is 15.1. The van der Waals surface area contributed by atoms with Gasteiger partial charge in [0.1, 0.15) is 0 Å². The van der Waals surface area contributed by atoms with Crippen LogP contribution in [-0.4, -0.2) is 36.4 Å². The van der Waals surface area contributed by atoms with Gasteiger partial charge in [-0.05, 0) is 37.5 Å². The van der Waals surface area contributed by atoms with E-state index in [-0.39, 0.29) is 28.1 Å². The van der Waals surface area contributed by atoms with Crippen molar-refractivity contribution in [3.63, 3.8) is 0 Å². The SMILES string of the molecule is CC1CC(C)N(S(=O)(=O)c2ccc(N)cc2C(=O)O)C1. The molecule has 2 atom stereocenters. The maximum atomic E-state index is 12.6. The fraction of sp³-hybridized carbons (Fsp3) is 0.462. The molecule has 0 spiro atoms. The zero-order valence-electron chi connectivity index (χ0n) is 11.4. The van der Waals surface area contributed by atoms with E-state index in [0.717, 1.165) is 6.42 Å². The second kappa shape index (κ2) is 5.06. The van der Waals surface area contributed by atoms with Gasteiger partial charge in [0, 0.05) is 18.3 Å². The third-order valence-electron chi connectivity index (χ3n) is 3.55. The van der Waals surface area contributed by atoms with E-state index < -0.39 is 16.0 Å². The van der Waals surface area contributed by atoms with Gasteiger partial charge in [-0.1, -0.05) is 6.92 Å². The molecule has 2 unspecified atom stereocenters. The van der Waals surface area contributed by atoms with Gasteiger partial charge in [0.15, 0.2) is 0 Å². The highest BCUT2D eigenvalue weighted by Gasteiger charge is 2.37. The molecule has 1 heterocycles. The molecule has 1 aromatic carbocycles. The van der Waals surface area contributed by atoms with Crippen LogP contribution in [0.25, 0.3) is 0 Å². The summed E-state index contributed by atoms with van der Waals surface area (Å²) in [5, 5.41) is 9.18. The van der Waals surface area contributed by atoms with E-state index in [1.54, 1.807) is 0 Å². The molecule has 1 saturated heterocycles. The molecule has 1 aliphatic rings. The number of nitrogens with zero attached hydrogens (tertiary/aromatic N) is 1. The van der Waals surface area contributed by atoms with E-state index in [4.69, 9.17) is 5.73 Å². The van der Waals surface area contributed by atoms with Crippen LogP contribution in [-0.2, 0) is 10.0 Å². The lowest BCUT2D eigenvalue weighted by molar-refractivity contribution is 0.0692. The van der Waals surface area contributed by atoms with Crippen LogP contribution in [0.4, 0.5) is 5.69 Å². The summed E-state index contributed by atoms with van der Waals surface area (Å²) in [6.07, 6.45) is 0.774. The van der Waals surface area contributed by atoms with Crippen molar-refractivity contribution >= 4 is 21.7 Å². The first kappa shape index (κ1) is 14.8. The Hall–Kier alpha value is -1.60. The van der Waals surface area contributed by atoms with Gasteiger partial charge in [0.25, 0.3) is 0 Å². The Kier molecular flexibility index (Phi) is 3.75. The van der Waals surface area contributed by atoms with Gasteiger partial charge in [-0.15, -0.1) is 0 Å². The van der Waals surface area contributed by atoms with Gasteiger partial charge < -0.3 is 10.8 Å². The molecular weight excluding hydrogens is 280 g/mol.